The number of halogens is 4. The molecule has 11 heteroatoms. The quantitative estimate of drug-likeness (QED) is 0.632. The molecule has 2 saturated heterocycles. The van der Waals surface area contributed by atoms with Crippen LogP contribution in [0.5, 0.6) is 5.75 Å². The molecule has 2 unspecified atom stereocenters. The van der Waals surface area contributed by atoms with Gasteiger partial charge in [0, 0.05) is 30.1 Å². The lowest BCUT2D eigenvalue weighted by molar-refractivity contribution is -0.274. The smallest absolute Gasteiger partial charge is 0.423 e. The first-order valence-corrected chi connectivity index (χ1v) is 10.4. The molecule has 2 aliphatic heterocycles. The predicted octanol–water partition coefficient (Wildman–Crippen LogP) is 4.69. The van der Waals surface area contributed by atoms with Gasteiger partial charge in [-0.1, -0.05) is 11.6 Å². The molecule has 0 amide bonds. The van der Waals surface area contributed by atoms with Crippen molar-refractivity contribution in [2.45, 2.75) is 25.2 Å². The fraction of sp³-hybridized carbons (Fsp3) is 0.444. The van der Waals surface area contributed by atoms with Crippen molar-refractivity contribution in [2.24, 2.45) is 5.92 Å². The summed E-state index contributed by atoms with van der Waals surface area (Å²) < 4.78 is 49.1. The van der Waals surface area contributed by atoms with Crippen molar-refractivity contribution in [2.75, 3.05) is 24.5 Å². The molecule has 0 spiro atoms. The number of fused-ring (bicyclic) bond motifs is 3. The third-order valence-corrected chi connectivity index (χ3v) is 6.19. The topological polar surface area (TPSA) is 63.4 Å². The van der Waals surface area contributed by atoms with Crippen LogP contribution in [0.4, 0.5) is 19.2 Å². The first kappa shape index (κ1) is 19.0. The van der Waals surface area contributed by atoms with E-state index in [2.05, 4.69) is 20.0 Å². The number of alkyl halides is 3. The Morgan fingerprint density at radius 3 is 3.00 bits per heavy atom. The van der Waals surface area contributed by atoms with Crippen LogP contribution in [0.2, 0.25) is 5.02 Å². The summed E-state index contributed by atoms with van der Waals surface area (Å²) >= 11 is 7.51. The van der Waals surface area contributed by atoms with E-state index in [-0.39, 0.29) is 22.1 Å². The third kappa shape index (κ3) is 3.64. The minimum Gasteiger partial charge on any atom is -0.423 e. The minimum atomic E-state index is -4.90. The van der Waals surface area contributed by atoms with E-state index < -0.39 is 12.1 Å². The van der Waals surface area contributed by atoms with Crippen molar-refractivity contribution in [3.05, 3.63) is 22.0 Å². The highest BCUT2D eigenvalue weighted by atomic mass is 35.5. The van der Waals surface area contributed by atoms with Crippen molar-refractivity contribution in [3.8, 4) is 17.0 Å². The molecule has 2 fully saturated rings. The second-order valence-electron chi connectivity index (χ2n) is 7.27. The standard InChI is InChI=1S/C18H16ClF3N4O2S/c19-12-4-11(13-7-29-8-24-13)15-14(16(12)28-18(20,21)22)25-17(27-15)26-2-1-9-3-10(6-26)23-5-9/h4,7-10,23H,1-3,5-6H2. The summed E-state index contributed by atoms with van der Waals surface area (Å²) in [5, 5.41) is 5.03. The van der Waals surface area contributed by atoms with E-state index in [4.69, 9.17) is 16.0 Å². The normalized spacial score (nSPS) is 22.3. The number of rotatable bonds is 3. The average molecular weight is 445 g/mol. The molecule has 0 radical (unpaired) electrons. The Hall–Kier alpha value is -2.04. The van der Waals surface area contributed by atoms with Crippen molar-refractivity contribution in [1.82, 2.24) is 15.3 Å². The molecule has 1 aromatic carbocycles. The summed E-state index contributed by atoms with van der Waals surface area (Å²) in [6.45, 7) is 2.41. The van der Waals surface area contributed by atoms with Crippen molar-refractivity contribution < 1.29 is 22.3 Å². The molecule has 2 aromatic heterocycles. The summed E-state index contributed by atoms with van der Waals surface area (Å²) in [5.41, 5.74) is 2.78. The third-order valence-electron chi connectivity index (χ3n) is 5.32. The maximum atomic E-state index is 13.0. The van der Waals surface area contributed by atoms with Gasteiger partial charge in [0.25, 0.3) is 6.01 Å². The van der Waals surface area contributed by atoms with Crippen molar-refractivity contribution in [1.29, 1.82) is 0 Å². The molecular weight excluding hydrogens is 429 g/mol. The second-order valence-corrected chi connectivity index (χ2v) is 8.40. The maximum absolute atomic E-state index is 13.0. The number of aromatic nitrogens is 2. The van der Waals surface area contributed by atoms with E-state index in [1.807, 2.05) is 4.90 Å². The second kappa shape index (κ2) is 7.03. The summed E-state index contributed by atoms with van der Waals surface area (Å²) in [4.78, 5) is 10.6. The van der Waals surface area contributed by atoms with Gasteiger partial charge in [0.1, 0.15) is 0 Å². The first-order valence-electron chi connectivity index (χ1n) is 9.13. The number of nitrogens with zero attached hydrogens (tertiary/aromatic N) is 3. The molecule has 0 saturated carbocycles. The van der Waals surface area contributed by atoms with Gasteiger partial charge in [0.2, 0.25) is 0 Å². The monoisotopic (exact) mass is 444 g/mol. The molecular formula is C18H16ClF3N4O2S. The zero-order valence-electron chi connectivity index (χ0n) is 15.0. The van der Waals surface area contributed by atoms with Crippen molar-refractivity contribution in [3.63, 3.8) is 0 Å². The Morgan fingerprint density at radius 2 is 2.24 bits per heavy atom. The minimum absolute atomic E-state index is 0.0600. The molecule has 154 valence electrons. The van der Waals surface area contributed by atoms with E-state index in [0.717, 1.165) is 25.9 Å². The lowest BCUT2D eigenvalue weighted by Gasteiger charge is -2.23. The largest absolute Gasteiger partial charge is 0.573 e. The van der Waals surface area contributed by atoms with E-state index in [9.17, 15) is 13.2 Å². The van der Waals surface area contributed by atoms with Crippen molar-refractivity contribution >= 4 is 40.1 Å². The Balaban J connectivity index is 1.63. The predicted molar refractivity (Wildman–Crippen MR) is 104 cm³/mol. The number of nitrogens with one attached hydrogen (secondary N) is 1. The number of hydrogen-bond acceptors (Lipinski definition) is 7. The van der Waals surface area contributed by atoms with Gasteiger partial charge in [-0.2, -0.15) is 4.98 Å². The van der Waals surface area contributed by atoms with Gasteiger partial charge < -0.3 is 19.4 Å². The summed E-state index contributed by atoms with van der Waals surface area (Å²) in [6, 6.07) is 1.95. The van der Waals surface area contributed by atoms with Crippen LogP contribution in [0, 0.1) is 5.92 Å². The van der Waals surface area contributed by atoms with Gasteiger partial charge in [-0.15, -0.1) is 24.5 Å². The van der Waals surface area contributed by atoms with Crippen LogP contribution in [0.1, 0.15) is 12.8 Å². The SMILES string of the molecule is FC(F)(F)Oc1c(Cl)cc(-c2cscn2)c2oc(N3CCC4CNC(C4)C3)nc12. The van der Waals surface area contributed by atoms with E-state index in [1.165, 1.54) is 17.4 Å². The highest BCUT2D eigenvalue weighted by Gasteiger charge is 2.36. The fourth-order valence-electron chi connectivity index (χ4n) is 4.03. The van der Waals surface area contributed by atoms with Crippen LogP contribution < -0.4 is 15.0 Å². The molecule has 6 nitrogen and oxygen atoms in total. The number of oxazole rings is 1. The Bertz CT molecular complexity index is 1040. The average Bonchev–Trinajstić information content (AvgIpc) is 3.36. The molecule has 0 aliphatic carbocycles. The molecule has 2 aliphatic rings. The lowest BCUT2D eigenvalue weighted by Crippen LogP contribution is -2.38. The number of benzene rings is 1. The number of ether oxygens (including phenoxy) is 1. The van der Waals surface area contributed by atoms with Gasteiger partial charge >= 0.3 is 6.36 Å². The van der Waals surface area contributed by atoms with Gasteiger partial charge in [0.05, 0.1) is 16.2 Å². The van der Waals surface area contributed by atoms with E-state index in [1.54, 1.807) is 10.9 Å². The number of anilines is 1. The van der Waals surface area contributed by atoms with Crippen LogP contribution in [0.15, 0.2) is 21.4 Å². The van der Waals surface area contributed by atoms with Gasteiger partial charge in [0.15, 0.2) is 16.8 Å². The number of thiazole rings is 1. The van der Waals surface area contributed by atoms with Crippen LogP contribution in [0.3, 0.4) is 0 Å². The Morgan fingerprint density at radius 1 is 1.38 bits per heavy atom. The molecule has 29 heavy (non-hydrogen) atoms. The van der Waals surface area contributed by atoms with E-state index in [0.29, 0.717) is 29.8 Å². The number of hydrogen-bond donors (Lipinski definition) is 1. The zero-order valence-corrected chi connectivity index (χ0v) is 16.6. The van der Waals surface area contributed by atoms with Crippen LogP contribution in [0.25, 0.3) is 22.4 Å². The maximum Gasteiger partial charge on any atom is 0.573 e. The fourth-order valence-corrected chi connectivity index (χ4v) is 4.82. The lowest BCUT2D eigenvalue weighted by atomic mass is 10.0. The summed E-state index contributed by atoms with van der Waals surface area (Å²) in [7, 11) is 0. The van der Waals surface area contributed by atoms with Crippen LogP contribution in [-0.2, 0) is 0 Å². The van der Waals surface area contributed by atoms with Crippen LogP contribution in [-0.4, -0.2) is 42.0 Å². The Kier molecular flexibility index (Phi) is 4.60. The first-order chi connectivity index (χ1) is 13.9. The highest BCUT2D eigenvalue weighted by molar-refractivity contribution is 7.07. The van der Waals surface area contributed by atoms with Crippen LogP contribution >= 0.6 is 22.9 Å². The highest BCUT2D eigenvalue weighted by Crippen LogP contribution is 2.43. The Labute approximate surface area is 172 Å². The zero-order chi connectivity index (χ0) is 20.2. The van der Waals surface area contributed by atoms with Gasteiger partial charge in [-0.25, -0.2) is 4.98 Å². The molecule has 4 heterocycles. The van der Waals surface area contributed by atoms with Gasteiger partial charge in [-0.3, -0.25) is 0 Å². The molecule has 1 N–H and O–H groups in total. The summed E-state index contributed by atoms with van der Waals surface area (Å²) in [6.07, 6.45) is -2.85. The summed E-state index contributed by atoms with van der Waals surface area (Å²) in [5.74, 6) is 0.0381. The molecule has 2 bridgehead atoms. The van der Waals surface area contributed by atoms with Gasteiger partial charge in [-0.05, 0) is 31.4 Å². The molecule has 2 atom stereocenters. The van der Waals surface area contributed by atoms with E-state index >= 15 is 0 Å². The molecule has 3 aromatic rings. The molecule has 5 rings (SSSR count).